The van der Waals surface area contributed by atoms with Crippen molar-refractivity contribution < 1.29 is 14.3 Å². The lowest BCUT2D eigenvalue weighted by molar-refractivity contribution is -0.161. The highest BCUT2D eigenvalue weighted by Crippen LogP contribution is 2.40. The van der Waals surface area contributed by atoms with Gasteiger partial charge in [0, 0.05) is 5.70 Å². The van der Waals surface area contributed by atoms with Crippen molar-refractivity contribution in [1.29, 1.82) is 0 Å². The number of rotatable bonds is 7. The Labute approximate surface area is 188 Å². The maximum Gasteiger partial charge on any atom is 0.322 e. The quantitative estimate of drug-likeness (QED) is 0.430. The number of hydrogen-bond acceptors (Lipinski definition) is 3. The molecule has 1 aliphatic rings. The molecule has 1 atom stereocenters. The van der Waals surface area contributed by atoms with Crippen LogP contribution in [0.4, 0.5) is 0 Å². The zero-order chi connectivity index (χ0) is 22.4. The van der Waals surface area contributed by atoms with Crippen molar-refractivity contribution in [3.63, 3.8) is 0 Å². The van der Waals surface area contributed by atoms with Crippen LogP contribution in [-0.4, -0.2) is 18.5 Å². The summed E-state index contributed by atoms with van der Waals surface area (Å²) in [5.74, 6) is -0.783. The molecule has 1 unspecified atom stereocenters. The predicted molar refractivity (Wildman–Crippen MR) is 125 cm³/mol. The van der Waals surface area contributed by atoms with E-state index in [4.69, 9.17) is 4.74 Å². The maximum atomic E-state index is 13.6. The largest absolute Gasteiger partial charge is 0.465 e. The van der Waals surface area contributed by atoms with Crippen molar-refractivity contribution in [3.8, 4) is 0 Å². The monoisotopic (exact) mass is 425 g/mol. The van der Waals surface area contributed by atoms with Gasteiger partial charge in [-0.3, -0.25) is 9.59 Å². The van der Waals surface area contributed by atoms with Gasteiger partial charge in [0.05, 0.1) is 6.61 Å². The molecule has 1 N–H and O–H groups in total. The Morgan fingerprint density at radius 1 is 0.875 bits per heavy atom. The van der Waals surface area contributed by atoms with Gasteiger partial charge in [-0.2, -0.15) is 0 Å². The van der Waals surface area contributed by atoms with E-state index in [0.29, 0.717) is 19.3 Å². The van der Waals surface area contributed by atoms with Crippen LogP contribution in [0.2, 0.25) is 0 Å². The van der Waals surface area contributed by atoms with Gasteiger partial charge in [0.1, 0.15) is 0 Å². The maximum absolute atomic E-state index is 13.6. The number of hydrogen-bond donors (Lipinski definition) is 1. The fraction of sp³-hybridized carbons (Fsp3) is 0.214. The molecular formula is C28H27NO3. The molecule has 0 spiro atoms. The van der Waals surface area contributed by atoms with Crippen molar-refractivity contribution in [2.24, 2.45) is 5.41 Å². The lowest BCUT2D eigenvalue weighted by Crippen LogP contribution is -2.52. The van der Waals surface area contributed by atoms with Crippen LogP contribution in [0.1, 0.15) is 30.0 Å². The van der Waals surface area contributed by atoms with Crippen LogP contribution in [0, 0.1) is 5.41 Å². The number of nitrogens with one attached hydrogen (secondary N) is 1. The average molecular weight is 426 g/mol. The van der Waals surface area contributed by atoms with Crippen molar-refractivity contribution in [2.75, 3.05) is 6.61 Å². The summed E-state index contributed by atoms with van der Waals surface area (Å²) < 4.78 is 5.44. The molecule has 0 radical (unpaired) electrons. The minimum absolute atomic E-state index is 0.228. The van der Waals surface area contributed by atoms with E-state index in [0.717, 1.165) is 28.0 Å². The molecule has 0 saturated carbocycles. The number of ether oxygens (including phenoxy) is 1. The molecule has 1 amide bonds. The second-order valence-electron chi connectivity index (χ2n) is 8.10. The molecule has 162 valence electrons. The van der Waals surface area contributed by atoms with E-state index in [2.05, 4.69) is 17.4 Å². The Morgan fingerprint density at radius 3 is 2.03 bits per heavy atom. The normalized spacial score (nSPS) is 18.2. The molecule has 3 aromatic rings. The molecule has 3 aromatic carbocycles. The van der Waals surface area contributed by atoms with Gasteiger partial charge in [0.25, 0.3) is 0 Å². The van der Waals surface area contributed by atoms with Crippen molar-refractivity contribution in [3.05, 3.63) is 113 Å². The number of carbonyl (C=O) groups excluding carboxylic acids is 2. The van der Waals surface area contributed by atoms with Crippen molar-refractivity contribution in [2.45, 2.75) is 26.2 Å². The smallest absolute Gasteiger partial charge is 0.322 e. The first-order valence-electron chi connectivity index (χ1n) is 11.0. The number of carbonyl (C=O) groups is 2. The summed E-state index contributed by atoms with van der Waals surface area (Å²) in [6.45, 7) is 2.00. The van der Waals surface area contributed by atoms with Crippen LogP contribution in [-0.2, 0) is 27.2 Å². The van der Waals surface area contributed by atoms with Gasteiger partial charge in [-0.05, 0) is 48.4 Å². The fourth-order valence-corrected chi connectivity index (χ4v) is 4.32. The Bertz CT molecular complexity index is 1110. The van der Waals surface area contributed by atoms with Crippen LogP contribution in [0.15, 0.2) is 96.6 Å². The molecule has 0 bridgehead atoms. The molecule has 0 fully saturated rings. The first-order valence-corrected chi connectivity index (χ1v) is 11.0. The van der Waals surface area contributed by atoms with Crippen LogP contribution in [0.25, 0.3) is 5.70 Å². The van der Waals surface area contributed by atoms with Crippen molar-refractivity contribution in [1.82, 2.24) is 5.32 Å². The summed E-state index contributed by atoms with van der Waals surface area (Å²) in [6, 6.07) is 29.6. The highest BCUT2D eigenvalue weighted by molar-refractivity contribution is 6.08. The molecule has 0 aliphatic carbocycles. The molecule has 0 aromatic heterocycles. The first-order chi connectivity index (χ1) is 15.6. The molecule has 4 nitrogen and oxygen atoms in total. The van der Waals surface area contributed by atoms with E-state index in [1.165, 1.54) is 0 Å². The standard InChI is InChI=1S/C28H27NO3/c1-2-32-27(31)28(19-22-14-8-4-9-15-22)20-24(18-21-12-6-3-7-13-21)25(29-26(28)30)23-16-10-5-11-17-23/h3-17H,2,18-20H2,1H3,(H,29,30). The van der Waals surface area contributed by atoms with E-state index in [9.17, 15) is 9.59 Å². The number of esters is 1. The van der Waals surface area contributed by atoms with Gasteiger partial charge in [-0.15, -0.1) is 0 Å². The van der Waals surface area contributed by atoms with Gasteiger partial charge in [0.15, 0.2) is 5.41 Å². The average Bonchev–Trinajstić information content (AvgIpc) is 2.83. The summed E-state index contributed by atoms with van der Waals surface area (Å²) in [5, 5.41) is 3.09. The minimum atomic E-state index is -1.31. The van der Waals surface area contributed by atoms with Gasteiger partial charge < -0.3 is 10.1 Å². The van der Waals surface area contributed by atoms with E-state index < -0.39 is 11.4 Å². The lowest BCUT2D eigenvalue weighted by Gasteiger charge is -2.37. The third kappa shape index (κ3) is 4.50. The Kier molecular flexibility index (Phi) is 6.50. The molecule has 1 aliphatic heterocycles. The third-order valence-corrected chi connectivity index (χ3v) is 5.88. The molecule has 0 saturated heterocycles. The van der Waals surface area contributed by atoms with E-state index in [1.807, 2.05) is 78.9 Å². The first kappa shape index (κ1) is 21.6. The van der Waals surface area contributed by atoms with E-state index in [1.54, 1.807) is 6.92 Å². The predicted octanol–water partition coefficient (Wildman–Crippen LogP) is 4.95. The van der Waals surface area contributed by atoms with Gasteiger partial charge >= 0.3 is 5.97 Å². The SMILES string of the molecule is CCOC(=O)C1(Cc2ccccc2)CC(Cc2ccccc2)=C(c2ccccc2)NC1=O. The molecular weight excluding hydrogens is 398 g/mol. The Hall–Kier alpha value is -3.66. The van der Waals surface area contributed by atoms with E-state index >= 15 is 0 Å². The van der Waals surface area contributed by atoms with Crippen LogP contribution in [0.3, 0.4) is 0 Å². The van der Waals surface area contributed by atoms with Gasteiger partial charge in [-0.25, -0.2) is 0 Å². The summed E-state index contributed by atoms with van der Waals surface area (Å²) in [7, 11) is 0. The second-order valence-corrected chi connectivity index (χ2v) is 8.10. The topological polar surface area (TPSA) is 55.4 Å². The van der Waals surface area contributed by atoms with Crippen molar-refractivity contribution >= 4 is 17.6 Å². The fourth-order valence-electron chi connectivity index (χ4n) is 4.32. The molecule has 1 heterocycles. The van der Waals surface area contributed by atoms with Gasteiger partial charge in [0.2, 0.25) is 5.91 Å². The Balaban J connectivity index is 1.81. The minimum Gasteiger partial charge on any atom is -0.465 e. The second kappa shape index (κ2) is 9.65. The Morgan fingerprint density at radius 2 is 1.44 bits per heavy atom. The van der Waals surface area contributed by atoms with Crippen LogP contribution < -0.4 is 5.32 Å². The zero-order valence-electron chi connectivity index (χ0n) is 18.2. The van der Waals surface area contributed by atoms with Gasteiger partial charge in [-0.1, -0.05) is 91.0 Å². The van der Waals surface area contributed by atoms with Crippen LogP contribution >= 0.6 is 0 Å². The lowest BCUT2D eigenvalue weighted by atomic mass is 9.71. The zero-order valence-corrected chi connectivity index (χ0v) is 18.2. The number of allylic oxidation sites excluding steroid dienone is 1. The molecule has 32 heavy (non-hydrogen) atoms. The van der Waals surface area contributed by atoms with Crippen LogP contribution in [0.5, 0.6) is 0 Å². The summed E-state index contributed by atoms with van der Waals surface area (Å²) in [5.41, 5.74) is 3.49. The summed E-state index contributed by atoms with van der Waals surface area (Å²) >= 11 is 0. The number of benzene rings is 3. The van der Waals surface area contributed by atoms with E-state index in [-0.39, 0.29) is 12.5 Å². The molecule has 4 heteroatoms. The number of amides is 1. The highest BCUT2D eigenvalue weighted by atomic mass is 16.5. The summed E-state index contributed by atoms with van der Waals surface area (Å²) in [4.78, 5) is 26.8. The molecule has 4 rings (SSSR count). The highest BCUT2D eigenvalue weighted by Gasteiger charge is 2.50. The summed E-state index contributed by atoms with van der Waals surface area (Å²) in [6.07, 6.45) is 1.24. The third-order valence-electron chi connectivity index (χ3n) is 5.88.